The highest BCUT2D eigenvalue weighted by Gasteiger charge is 2.54. The van der Waals surface area contributed by atoms with Crippen molar-refractivity contribution in [2.24, 2.45) is 0 Å². The fourth-order valence-corrected chi connectivity index (χ4v) is 7.09. The van der Waals surface area contributed by atoms with Crippen LogP contribution in [0, 0.1) is 20.2 Å². The number of nitrogens with zero attached hydrogens (tertiary/aromatic N) is 4. The number of ether oxygens (including phenoxy) is 4. The van der Waals surface area contributed by atoms with Crippen LogP contribution >= 0.6 is 0 Å². The summed E-state index contributed by atoms with van der Waals surface area (Å²) in [5.74, 6) is -1.55. The molecule has 17 nitrogen and oxygen atoms in total. The highest BCUT2D eigenvalue weighted by Crippen LogP contribution is 2.57. The van der Waals surface area contributed by atoms with Gasteiger partial charge in [-0.05, 0) is 65.6 Å². The number of esters is 1. The standard InChI is InChI=1S/C43H36N4O13/c1-42(2,3)27-11-14-30-33(19-27)43(60-39(30)50)31-15-12-28(44(4)40(51)57-22-25-8-6-7-9-34(25)46(53)54)20-36(31)59-37-21-29(13-16-32(37)43)45(5)41(52)58-23-26-18-24(38(48)49)10-17-35(26)47(55)56/h6-21H,22-23H2,1-5H3,(H,48,49). The number of anilines is 2. The average Bonchev–Trinajstić information content (AvgIpc) is 3.51. The van der Waals surface area contributed by atoms with Crippen molar-refractivity contribution in [2.75, 3.05) is 23.9 Å². The number of nitro groups is 2. The Morgan fingerprint density at radius 2 is 1.27 bits per heavy atom. The Kier molecular flexibility index (Phi) is 10.2. The number of rotatable bonds is 9. The van der Waals surface area contributed by atoms with Crippen LogP contribution < -0.4 is 14.5 Å². The molecule has 1 atom stereocenters. The molecule has 5 aromatic carbocycles. The van der Waals surface area contributed by atoms with Crippen LogP contribution in [-0.2, 0) is 38.4 Å². The molecule has 306 valence electrons. The molecule has 2 amide bonds. The predicted molar refractivity (Wildman–Crippen MR) is 214 cm³/mol. The number of carbonyl (C=O) groups is 4. The van der Waals surface area contributed by atoms with E-state index in [0.29, 0.717) is 27.9 Å². The van der Waals surface area contributed by atoms with Gasteiger partial charge in [0.15, 0.2) is 5.60 Å². The SMILES string of the molecule is CN(C(=O)OCc1ccccc1[N+](=O)[O-])c1ccc2c(c1)Oc1cc(N(C)C(=O)OCc3cc(C(=O)O)ccc3[N+](=O)[O-])ccc1C21OC(=O)c2ccc(C(C)(C)C)cc21. The number of hydrogen-bond donors (Lipinski definition) is 1. The van der Waals surface area contributed by atoms with E-state index < -0.39 is 51.9 Å². The van der Waals surface area contributed by atoms with Gasteiger partial charge >= 0.3 is 24.1 Å². The molecular weight excluding hydrogens is 780 g/mol. The number of nitro benzene ring substituents is 2. The van der Waals surface area contributed by atoms with Crippen LogP contribution in [0.2, 0.25) is 0 Å². The van der Waals surface area contributed by atoms with E-state index in [-0.39, 0.29) is 51.6 Å². The Morgan fingerprint density at radius 3 is 1.82 bits per heavy atom. The quantitative estimate of drug-likeness (QED) is 0.0638. The lowest BCUT2D eigenvalue weighted by atomic mass is 9.75. The molecule has 2 aliphatic rings. The van der Waals surface area contributed by atoms with Crippen LogP contribution in [0.1, 0.15) is 74.9 Å². The van der Waals surface area contributed by atoms with Gasteiger partial charge in [-0.1, -0.05) is 39.0 Å². The summed E-state index contributed by atoms with van der Waals surface area (Å²) >= 11 is 0. The van der Waals surface area contributed by atoms with Gasteiger partial charge in [0.1, 0.15) is 24.7 Å². The zero-order valence-electron chi connectivity index (χ0n) is 32.8. The molecule has 1 spiro atoms. The summed E-state index contributed by atoms with van der Waals surface area (Å²) in [7, 11) is 2.84. The largest absolute Gasteiger partial charge is 0.478 e. The smallest absolute Gasteiger partial charge is 0.414 e. The number of benzene rings is 5. The van der Waals surface area contributed by atoms with Gasteiger partial charge in [-0.3, -0.25) is 30.0 Å². The van der Waals surface area contributed by atoms with Gasteiger partial charge in [0.25, 0.3) is 11.4 Å². The maximum absolute atomic E-state index is 13.7. The van der Waals surface area contributed by atoms with Gasteiger partial charge in [-0.2, -0.15) is 0 Å². The molecule has 2 aliphatic heterocycles. The van der Waals surface area contributed by atoms with E-state index in [4.69, 9.17) is 18.9 Å². The molecule has 0 radical (unpaired) electrons. The van der Waals surface area contributed by atoms with E-state index in [1.165, 1.54) is 43.3 Å². The zero-order valence-corrected chi connectivity index (χ0v) is 32.8. The van der Waals surface area contributed by atoms with E-state index in [9.17, 15) is 44.5 Å². The maximum Gasteiger partial charge on any atom is 0.414 e. The van der Waals surface area contributed by atoms with Crippen molar-refractivity contribution in [3.05, 3.63) is 162 Å². The van der Waals surface area contributed by atoms with Crippen molar-refractivity contribution >= 4 is 46.9 Å². The van der Waals surface area contributed by atoms with Crippen molar-refractivity contribution < 1.29 is 53.1 Å². The normalized spacial score (nSPS) is 14.8. The Labute approximate surface area is 341 Å². The first kappa shape index (κ1) is 40.4. The summed E-state index contributed by atoms with van der Waals surface area (Å²) in [6, 6.07) is 24.1. The topological polar surface area (TPSA) is 218 Å². The van der Waals surface area contributed by atoms with E-state index in [1.54, 1.807) is 42.5 Å². The van der Waals surface area contributed by atoms with Crippen LogP contribution in [-0.4, -0.2) is 53.2 Å². The second-order valence-corrected chi connectivity index (χ2v) is 15.1. The summed E-state index contributed by atoms with van der Waals surface area (Å²) in [6.45, 7) is 5.12. The first-order valence-corrected chi connectivity index (χ1v) is 18.3. The van der Waals surface area contributed by atoms with Crippen LogP contribution in [0.5, 0.6) is 11.5 Å². The molecule has 0 aliphatic carbocycles. The Hall–Kier alpha value is -7.82. The molecule has 1 unspecified atom stereocenters. The molecule has 0 saturated heterocycles. The molecule has 5 aromatic rings. The summed E-state index contributed by atoms with van der Waals surface area (Å²) in [5, 5.41) is 32.5. The summed E-state index contributed by atoms with van der Waals surface area (Å²) in [6.07, 6.45) is -1.76. The van der Waals surface area contributed by atoms with Gasteiger partial charge in [0.05, 0.1) is 43.5 Å². The number of aromatic carboxylic acids is 1. The van der Waals surface area contributed by atoms with Crippen LogP contribution in [0.25, 0.3) is 0 Å². The first-order valence-electron chi connectivity index (χ1n) is 18.3. The molecule has 2 heterocycles. The molecule has 0 saturated carbocycles. The number of hydrogen-bond acceptors (Lipinski definition) is 12. The van der Waals surface area contributed by atoms with Gasteiger partial charge in [-0.25, -0.2) is 19.2 Å². The Bertz CT molecular complexity index is 2650. The van der Waals surface area contributed by atoms with Crippen LogP contribution in [0.15, 0.2) is 97.1 Å². The first-order chi connectivity index (χ1) is 28.4. The Balaban J connectivity index is 1.25. The fourth-order valence-electron chi connectivity index (χ4n) is 7.09. The number of fused-ring (bicyclic) bond motifs is 6. The van der Waals surface area contributed by atoms with Crippen molar-refractivity contribution in [1.82, 2.24) is 0 Å². The summed E-state index contributed by atoms with van der Waals surface area (Å²) in [5.41, 5.74) is 0.519. The van der Waals surface area contributed by atoms with Gasteiger partial charge in [-0.15, -0.1) is 0 Å². The number of carbonyl (C=O) groups excluding carboxylic acids is 3. The molecule has 7 rings (SSSR count). The number of para-hydroxylation sites is 1. The minimum Gasteiger partial charge on any atom is -0.478 e. The fraction of sp³-hybridized carbons (Fsp3) is 0.209. The highest BCUT2D eigenvalue weighted by atomic mass is 16.6. The van der Waals surface area contributed by atoms with E-state index >= 15 is 0 Å². The minimum atomic E-state index is -1.55. The van der Waals surface area contributed by atoms with Crippen LogP contribution in [0.4, 0.5) is 32.3 Å². The summed E-state index contributed by atoms with van der Waals surface area (Å²) < 4.78 is 23.7. The lowest BCUT2D eigenvalue weighted by Crippen LogP contribution is -2.34. The number of carboxylic acid groups (broad SMARTS) is 1. The van der Waals surface area contributed by atoms with Crippen molar-refractivity contribution in [3.63, 3.8) is 0 Å². The van der Waals surface area contributed by atoms with Gasteiger partial charge in [0, 0.05) is 55.1 Å². The zero-order chi connectivity index (χ0) is 43.3. The van der Waals surface area contributed by atoms with E-state index in [2.05, 4.69) is 0 Å². The van der Waals surface area contributed by atoms with Gasteiger partial charge < -0.3 is 24.1 Å². The minimum absolute atomic E-state index is 0.128. The highest BCUT2D eigenvalue weighted by molar-refractivity contribution is 5.98. The summed E-state index contributed by atoms with van der Waals surface area (Å²) in [4.78, 5) is 76.0. The van der Waals surface area contributed by atoms with E-state index in [0.717, 1.165) is 28.7 Å². The lowest BCUT2D eigenvalue weighted by molar-refractivity contribution is -0.386. The molecule has 1 N–H and O–H groups in total. The Morgan fingerprint density at radius 1 is 0.717 bits per heavy atom. The second kappa shape index (κ2) is 15.2. The van der Waals surface area contributed by atoms with Gasteiger partial charge in [0.2, 0.25) is 0 Å². The number of amides is 2. The number of carboxylic acids is 1. The van der Waals surface area contributed by atoms with Crippen molar-refractivity contribution in [2.45, 2.75) is 45.0 Å². The van der Waals surface area contributed by atoms with Crippen molar-refractivity contribution in [3.8, 4) is 11.5 Å². The molecule has 0 aromatic heterocycles. The average molecular weight is 817 g/mol. The second-order valence-electron chi connectivity index (χ2n) is 15.1. The maximum atomic E-state index is 13.7. The molecule has 17 heteroatoms. The monoisotopic (exact) mass is 816 g/mol. The van der Waals surface area contributed by atoms with Crippen LogP contribution in [0.3, 0.4) is 0 Å². The third kappa shape index (κ3) is 7.16. The van der Waals surface area contributed by atoms with E-state index in [1.807, 2.05) is 32.9 Å². The lowest BCUT2D eigenvalue weighted by Gasteiger charge is -2.37. The molecular formula is C43H36N4O13. The third-order valence-electron chi connectivity index (χ3n) is 10.4. The molecule has 0 fully saturated rings. The molecule has 0 bridgehead atoms. The predicted octanol–water partition coefficient (Wildman–Crippen LogP) is 8.61. The third-order valence-corrected chi connectivity index (χ3v) is 10.4. The molecule has 60 heavy (non-hydrogen) atoms. The van der Waals surface area contributed by atoms with Crippen molar-refractivity contribution in [1.29, 1.82) is 0 Å².